The van der Waals surface area contributed by atoms with Crippen molar-refractivity contribution in [3.05, 3.63) is 35.4 Å². The third kappa shape index (κ3) is 4.88. The largest absolute Gasteiger partial charge is 0.390 e. The lowest BCUT2D eigenvalue weighted by molar-refractivity contribution is -0.138. The molecule has 1 aromatic rings. The van der Waals surface area contributed by atoms with E-state index in [4.69, 9.17) is 5.26 Å². The molecular weight excluding hydrogens is 319 g/mol. The number of rotatable bonds is 5. The fraction of sp³-hybridized carbons (Fsp3) is 0.529. The van der Waals surface area contributed by atoms with E-state index in [9.17, 15) is 18.0 Å². The summed E-state index contributed by atoms with van der Waals surface area (Å²) in [5.41, 5.74) is 1.31. The Hall–Kier alpha value is -2.23. The monoisotopic (exact) mass is 339 g/mol. The Morgan fingerprint density at radius 3 is 2.46 bits per heavy atom. The van der Waals surface area contributed by atoms with E-state index in [0.29, 0.717) is 5.56 Å². The van der Waals surface area contributed by atoms with Crippen LogP contribution in [0, 0.1) is 11.3 Å². The molecular formula is C17H20F3N3O. The quantitative estimate of drug-likeness (QED) is 0.877. The first-order chi connectivity index (χ1) is 11.3. The zero-order valence-corrected chi connectivity index (χ0v) is 13.4. The highest BCUT2D eigenvalue weighted by Crippen LogP contribution is 2.28. The van der Waals surface area contributed by atoms with Crippen LogP contribution < -0.4 is 5.32 Å². The van der Waals surface area contributed by atoms with Gasteiger partial charge in [-0.05, 0) is 43.9 Å². The number of nitriles is 1. The van der Waals surface area contributed by atoms with Crippen molar-refractivity contribution in [3.8, 4) is 6.07 Å². The van der Waals surface area contributed by atoms with Gasteiger partial charge in [-0.1, -0.05) is 12.1 Å². The highest BCUT2D eigenvalue weighted by Gasteiger charge is 2.34. The van der Waals surface area contributed by atoms with Crippen molar-refractivity contribution < 1.29 is 18.0 Å². The first kappa shape index (κ1) is 18.1. The van der Waals surface area contributed by atoms with Crippen molar-refractivity contribution in [2.24, 2.45) is 0 Å². The highest BCUT2D eigenvalue weighted by atomic mass is 19.4. The Kier molecular flexibility index (Phi) is 5.71. The fourth-order valence-corrected chi connectivity index (χ4v) is 2.59. The van der Waals surface area contributed by atoms with Crippen molar-refractivity contribution in [3.63, 3.8) is 0 Å². The molecule has 1 fully saturated rings. The van der Waals surface area contributed by atoms with Crippen LogP contribution in [0.4, 0.5) is 18.0 Å². The van der Waals surface area contributed by atoms with E-state index in [1.807, 2.05) is 6.07 Å². The van der Waals surface area contributed by atoms with Crippen LogP contribution in [0.3, 0.4) is 0 Å². The molecule has 24 heavy (non-hydrogen) atoms. The molecule has 7 heteroatoms. The van der Waals surface area contributed by atoms with Crippen LogP contribution in [-0.2, 0) is 0 Å². The van der Waals surface area contributed by atoms with Gasteiger partial charge in [-0.2, -0.15) is 18.4 Å². The summed E-state index contributed by atoms with van der Waals surface area (Å²) in [7, 11) is 0. The number of nitrogens with zero attached hydrogens (tertiary/aromatic N) is 2. The van der Waals surface area contributed by atoms with Crippen LogP contribution in [0.15, 0.2) is 24.3 Å². The number of benzene rings is 1. The van der Waals surface area contributed by atoms with Gasteiger partial charge >= 0.3 is 12.2 Å². The van der Waals surface area contributed by atoms with Gasteiger partial charge in [0, 0.05) is 12.6 Å². The van der Waals surface area contributed by atoms with Crippen molar-refractivity contribution in [1.29, 1.82) is 5.26 Å². The van der Waals surface area contributed by atoms with Crippen LogP contribution in [-0.4, -0.2) is 29.7 Å². The van der Waals surface area contributed by atoms with E-state index in [-0.39, 0.29) is 18.6 Å². The number of urea groups is 1. The molecule has 1 aliphatic carbocycles. The van der Waals surface area contributed by atoms with Gasteiger partial charge in [0.15, 0.2) is 0 Å². The number of halogens is 3. The fourth-order valence-electron chi connectivity index (χ4n) is 2.59. The highest BCUT2D eigenvalue weighted by molar-refractivity contribution is 5.75. The van der Waals surface area contributed by atoms with E-state index in [2.05, 4.69) is 5.32 Å². The second-order valence-electron chi connectivity index (χ2n) is 6.05. The number of amides is 2. The van der Waals surface area contributed by atoms with E-state index >= 15 is 0 Å². The first-order valence-electron chi connectivity index (χ1n) is 7.94. The van der Waals surface area contributed by atoms with Gasteiger partial charge in [-0.3, -0.25) is 0 Å². The summed E-state index contributed by atoms with van der Waals surface area (Å²) < 4.78 is 37.4. The zero-order chi connectivity index (χ0) is 17.7. The molecule has 0 aliphatic heterocycles. The van der Waals surface area contributed by atoms with Crippen LogP contribution in [0.25, 0.3) is 0 Å². The summed E-state index contributed by atoms with van der Waals surface area (Å²) in [6.07, 6.45) is -2.85. The number of hydrogen-bond donors (Lipinski definition) is 1. The van der Waals surface area contributed by atoms with Crippen LogP contribution in [0.5, 0.6) is 0 Å². The predicted octanol–water partition coefficient (Wildman–Crippen LogP) is 4.14. The van der Waals surface area contributed by atoms with Gasteiger partial charge in [0.1, 0.15) is 0 Å². The Morgan fingerprint density at radius 2 is 2.00 bits per heavy atom. The summed E-state index contributed by atoms with van der Waals surface area (Å²) in [5, 5.41) is 11.5. The Balaban J connectivity index is 1.99. The summed E-state index contributed by atoms with van der Waals surface area (Å²) >= 11 is 0. The molecule has 4 nitrogen and oxygen atoms in total. The van der Waals surface area contributed by atoms with Gasteiger partial charge in [0.05, 0.1) is 24.1 Å². The van der Waals surface area contributed by atoms with E-state index < -0.39 is 18.6 Å². The molecule has 0 aromatic heterocycles. The topological polar surface area (TPSA) is 56.1 Å². The number of carbonyl (C=O) groups is 1. The zero-order valence-electron chi connectivity index (χ0n) is 13.4. The minimum Gasteiger partial charge on any atom is -0.331 e. The molecule has 1 aromatic carbocycles. The van der Waals surface area contributed by atoms with Crippen molar-refractivity contribution in [1.82, 2.24) is 10.2 Å². The maximum atomic E-state index is 12.5. The lowest BCUT2D eigenvalue weighted by Crippen LogP contribution is -2.50. The molecule has 2 rings (SSSR count). The van der Waals surface area contributed by atoms with Gasteiger partial charge < -0.3 is 10.2 Å². The average molecular weight is 339 g/mol. The average Bonchev–Trinajstić information content (AvgIpc) is 2.48. The van der Waals surface area contributed by atoms with Crippen molar-refractivity contribution in [2.45, 2.75) is 50.9 Å². The smallest absolute Gasteiger partial charge is 0.331 e. The van der Waals surface area contributed by atoms with E-state index in [0.717, 1.165) is 24.8 Å². The molecule has 0 unspecified atom stereocenters. The molecule has 0 spiro atoms. The molecule has 0 heterocycles. The van der Waals surface area contributed by atoms with Crippen molar-refractivity contribution in [2.75, 3.05) is 6.54 Å². The molecule has 1 N–H and O–H groups in total. The number of hydrogen-bond acceptors (Lipinski definition) is 2. The van der Waals surface area contributed by atoms with Gasteiger partial charge in [0.2, 0.25) is 0 Å². The summed E-state index contributed by atoms with van der Waals surface area (Å²) in [6.45, 7) is 1.45. The second-order valence-corrected chi connectivity index (χ2v) is 6.05. The molecule has 0 saturated heterocycles. The van der Waals surface area contributed by atoms with Gasteiger partial charge in [-0.25, -0.2) is 4.79 Å². The molecule has 2 amide bonds. The van der Waals surface area contributed by atoms with Gasteiger partial charge in [0.25, 0.3) is 0 Å². The van der Waals surface area contributed by atoms with Crippen LogP contribution in [0.1, 0.15) is 49.8 Å². The lowest BCUT2D eigenvalue weighted by atomic mass is 9.91. The maximum absolute atomic E-state index is 12.5. The number of alkyl halides is 3. The molecule has 1 aliphatic rings. The summed E-state index contributed by atoms with van der Waals surface area (Å²) in [5.74, 6) is 0. The maximum Gasteiger partial charge on any atom is 0.390 e. The minimum atomic E-state index is -4.28. The second kappa shape index (κ2) is 7.56. The van der Waals surface area contributed by atoms with Gasteiger partial charge in [-0.15, -0.1) is 0 Å². The third-order valence-electron chi connectivity index (χ3n) is 4.29. The Labute approximate surface area is 139 Å². The SMILES string of the molecule is C[C@@H](NC(=O)N(CCC(F)(F)F)C1CCC1)c1ccc(C#N)cc1. The standard InChI is InChI=1S/C17H20F3N3O/c1-12(14-7-5-13(11-21)6-8-14)22-16(24)23(15-3-2-4-15)10-9-17(18,19)20/h5-8,12,15H,2-4,9-10H2,1H3,(H,22,24)/t12-/m1/s1. The molecule has 1 atom stereocenters. The summed E-state index contributed by atoms with van der Waals surface area (Å²) in [4.78, 5) is 13.7. The molecule has 1 saturated carbocycles. The normalized spacial score (nSPS) is 16.0. The van der Waals surface area contributed by atoms with E-state index in [1.165, 1.54) is 4.90 Å². The Bertz CT molecular complexity index is 603. The predicted molar refractivity (Wildman–Crippen MR) is 83.1 cm³/mol. The first-order valence-corrected chi connectivity index (χ1v) is 7.94. The van der Waals surface area contributed by atoms with Crippen LogP contribution in [0.2, 0.25) is 0 Å². The lowest BCUT2D eigenvalue weighted by Gasteiger charge is -2.38. The summed E-state index contributed by atoms with van der Waals surface area (Å²) in [6, 6.07) is 7.83. The van der Waals surface area contributed by atoms with Crippen molar-refractivity contribution >= 4 is 6.03 Å². The number of nitrogens with one attached hydrogen (secondary N) is 1. The third-order valence-corrected chi connectivity index (χ3v) is 4.29. The van der Waals surface area contributed by atoms with E-state index in [1.54, 1.807) is 31.2 Å². The Morgan fingerprint density at radius 1 is 1.38 bits per heavy atom. The van der Waals surface area contributed by atoms with Crippen LogP contribution >= 0.6 is 0 Å². The molecule has 130 valence electrons. The molecule has 0 bridgehead atoms. The number of carbonyl (C=O) groups excluding carboxylic acids is 1. The molecule has 0 radical (unpaired) electrons. The minimum absolute atomic E-state index is 0.111.